The lowest BCUT2D eigenvalue weighted by molar-refractivity contribution is 0.0582. The number of hydrogen-bond acceptors (Lipinski definition) is 2. The summed E-state index contributed by atoms with van der Waals surface area (Å²) in [6.45, 7) is 7.21. The van der Waals surface area contributed by atoms with Crippen molar-refractivity contribution in [1.82, 2.24) is 0 Å². The lowest BCUT2D eigenvalue weighted by atomic mass is 10.0. The van der Waals surface area contributed by atoms with E-state index in [-0.39, 0.29) is 0 Å². The molecule has 1 saturated heterocycles. The van der Waals surface area contributed by atoms with E-state index in [0.29, 0.717) is 12.0 Å². The first-order valence-electron chi connectivity index (χ1n) is 3.77. The highest BCUT2D eigenvalue weighted by molar-refractivity contribution is 7.46. The maximum Gasteiger partial charge on any atom is 0.167 e. The van der Waals surface area contributed by atoms with Crippen LogP contribution in [0.5, 0.6) is 0 Å². The molecule has 0 saturated carbocycles. The second-order valence-electron chi connectivity index (χ2n) is 2.71. The molecule has 1 fully saturated rings. The van der Waals surface area contributed by atoms with E-state index < -0.39 is 8.38 Å². The maximum atomic E-state index is 5.53. The molecule has 3 atom stereocenters. The van der Waals surface area contributed by atoms with E-state index >= 15 is 0 Å². The van der Waals surface area contributed by atoms with E-state index in [1.165, 1.54) is 0 Å². The molecule has 0 aliphatic carbocycles. The van der Waals surface area contributed by atoms with Gasteiger partial charge < -0.3 is 9.05 Å². The Morgan fingerprint density at radius 1 is 1.60 bits per heavy atom. The molecule has 10 heavy (non-hydrogen) atoms. The van der Waals surface area contributed by atoms with Crippen LogP contribution in [0.2, 0.25) is 0 Å². The Hall–Kier alpha value is 0.350. The lowest BCUT2D eigenvalue weighted by Gasteiger charge is -2.31. The molecule has 0 bridgehead atoms. The first-order chi connectivity index (χ1) is 4.74. The molecule has 3 heteroatoms. The molecule has 3 unspecified atom stereocenters. The van der Waals surface area contributed by atoms with Gasteiger partial charge in [-0.3, -0.25) is 0 Å². The molecule has 1 aliphatic rings. The third-order valence-corrected chi connectivity index (χ3v) is 3.12. The fourth-order valence-corrected chi connectivity index (χ4v) is 2.24. The second-order valence-corrected chi connectivity index (χ2v) is 4.06. The standard InChI is InChI=1S/C7H15O2P/c1-4-7-5-8-10(3)9-6(7)2/h6-7H,4-5H2,1-3H3. The highest BCUT2D eigenvalue weighted by atomic mass is 31.2. The minimum Gasteiger partial charge on any atom is -0.334 e. The van der Waals surface area contributed by atoms with Crippen molar-refractivity contribution in [3.63, 3.8) is 0 Å². The average molecular weight is 162 g/mol. The summed E-state index contributed by atoms with van der Waals surface area (Å²) in [6, 6.07) is 0. The van der Waals surface area contributed by atoms with Crippen LogP contribution in [0.1, 0.15) is 20.3 Å². The van der Waals surface area contributed by atoms with E-state index in [4.69, 9.17) is 9.05 Å². The molecule has 0 aromatic heterocycles. The van der Waals surface area contributed by atoms with Gasteiger partial charge in [0.15, 0.2) is 8.38 Å². The van der Waals surface area contributed by atoms with Gasteiger partial charge in [0, 0.05) is 12.6 Å². The van der Waals surface area contributed by atoms with Crippen molar-refractivity contribution in [3.05, 3.63) is 0 Å². The zero-order valence-electron chi connectivity index (χ0n) is 6.83. The van der Waals surface area contributed by atoms with Crippen molar-refractivity contribution in [2.45, 2.75) is 26.4 Å². The van der Waals surface area contributed by atoms with Crippen LogP contribution < -0.4 is 0 Å². The zero-order valence-corrected chi connectivity index (χ0v) is 7.73. The van der Waals surface area contributed by atoms with Crippen LogP contribution in [-0.4, -0.2) is 19.4 Å². The third kappa shape index (κ3) is 1.91. The minimum atomic E-state index is -0.563. The van der Waals surface area contributed by atoms with Gasteiger partial charge >= 0.3 is 0 Å². The van der Waals surface area contributed by atoms with Gasteiger partial charge in [-0.15, -0.1) is 0 Å². The van der Waals surface area contributed by atoms with Gasteiger partial charge in [-0.25, -0.2) is 0 Å². The van der Waals surface area contributed by atoms with Crippen LogP contribution in [0.25, 0.3) is 0 Å². The van der Waals surface area contributed by atoms with Crippen molar-refractivity contribution in [3.8, 4) is 0 Å². The van der Waals surface area contributed by atoms with E-state index in [0.717, 1.165) is 13.0 Å². The Bertz CT molecular complexity index is 108. The Morgan fingerprint density at radius 2 is 2.30 bits per heavy atom. The molecule has 0 spiro atoms. The predicted octanol–water partition coefficient (Wildman–Crippen LogP) is 2.39. The Kier molecular flexibility index (Phi) is 3.09. The van der Waals surface area contributed by atoms with E-state index in [9.17, 15) is 0 Å². The van der Waals surface area contributed by atoms with Crippen LogP contribution in [0.15, 0.2) is 0 Å². The summed E-state index contributed by atoms with van der Waals surface area (Å²) in [5.41, 5.74) is 0. The van der Waals surface area contributed by atoms with Gasteiger partial charge in [-0.05, 0) is 13.3 Å². The summed E-state index contributed by atoms with van der Waals surface area (Å²) >= 11 is 0. The van der Waals surface area contributed by atoms with Crippen molar-refractivity contribution in [2.75, 3.05) is 13.3 Å². The molecule has 0 N–H and O–H groups in total. The minimum absolute atomic E-state index is 0.398. The van der Waals surface area contributed by atoms with Crippen LogP contribution in [-0.2, 0) is 9.05 Å². The highest BCUT2D eigenvalue weighted by Gasteiger charge is 2.25. The van der Waals surface area contributed by atoms with Crippen LogP contribution in [0.3, 0.4) is 0 Å². The SMILES string of the molecule is CCC1COP(C)OC1C. The molecule has 60 valence electrons. The molecular weight excluding hydrogens is 147 g/mol. The van der Waals surface area contributed by atoms with Gasteiger partial charge in [-0.2, -0.15) is 0 Å². The topological polar surface area (TPSA) is 18.5 Å². The average Bonchev–Trinajstić information content (AvgIpc) is 1.88. The molecule has 1 aliphatic heterocycles. The normalized spacial score (nSPS) is 41.7. The summed E-state index contributed by atoms with van der Waals surface area (Å²) < 4.78 is 10.9. The molecular formula is C7H15O2P. The molecule has 0 aromatic carbocycles. The van der Waals surface area contributed by atoms with Crippen LogP contribution in [0, 0.1) is 5.92 Å². The van der Waals surface area contributed by atoms with E-state index in [1.54, 1.807) is 0 Å². The molecule has 1 rings (SSSR count). The predicted molar refractivity (Wildman–Crippen MR) is 43.1 cm³/mol. The van der Waals surface area contributed by atoms with Gasteiger partial charge in [0.1, 0.15) is 0 Å². The largest absolute Gasteiger partial charge is 0.334 e. The maximum absolute atomic E-state index is 5.53. The van der Waals surface area contributed by atoms with Gasteiger partial charge in [-0.1, -0.05) is 6.92 Å². The summed E-state index contributed by atoms with van der Waals surface area (Å²) in [6.07, 6.45) is 1.56. The van der Waals surface area contributed by atoms with Gasteiger partial charge in [0.2, 0.25) is 0 Å². The Morgan fingerprint density at radius 3 is 2.80 bits per heavy atom. The summed E-state index contributed by atoms with van der Waals surface area (Å²) in [5.74, 6) is 0.610. The quantitative estimate of drug-likeness (QED) is 0.551. The fourth-order valence-electron chi connectivity index (χ4n) is 1.14. The smallest absolute Gasteiger partial charge is 0.167 e. The fraction of sp³-hybridized carbons (Fsp3) is 1.00. The van der Waals surface area contributed by atoms with Crippen molar-refractivity contribution < 1.29 is 9.05 Å². The van der Waals surface area contributed by atoms with E-state index in [2.05, 4.69) is 13.8 Å². The first kappa shape index (κ1) is 8.45. The summed E-state index contributed by atoms with van der Waals surface area (Å²) in [4.78, 5) is 0. The van der Waals surface area contributed by atoms with Crippen LogP contribution in [0.4, 0.5) is 0 Å². The molecule has 0 radical (unpaired) electrons. The number of rotatable bonds is 1. The molecule has 0 amide bonds. The van der Waals surface area contributed by atoms with Crippen molar-refractivity contribution in [1.29, 1.82) is 0 Å². The Balaban J connectivity index is 2.36. The molecule has 2 nitrogen and oxygen atoms in total. The Labute approximate surface area is 63.8 Å². The van der Waals surface area contributed by atoms with Gasteiger partial charge in [0.05, 0.1) is 12.7 Å². The monoisotopic (exact) mass is 162 g/mol. The van der Waals surface area contributed by atoms with Gasteiger partial charge in [0.25, 0.3) is 0 Å². The van der Waals surface area contributed by atoms with Crippen molar-refractivity contribution in [2.24, 2.45) is 5.92 Å². The summed E-state index contributed by atoms with van der Waals surface area (Å²) in [7, 11) is -0.563. The van der Waals surface area contributed by atoms with Crippen molar-refractivity contribution >= 4 is 8.38 Å². The zero-order chi connectivity index (χ0) is 7.56. The first-order valence-corrected chi connectivity index (χ1v) is 5.40. The van der Waals surface area contributed by atoms with Crippen LogP contribution >= 0.6 is 8.38 Å². The highest BCUT2D eigenvalue weighted by Crippen LogP contribution is 2.42. The molecule has 1 heterocycles. The lowest BCUT2D eigenvalue weighted by Crippen LogP contribution is -2.27. The third-order valence-electron chi connectivity index (χ3n) is 1.97. The second kappa shape index (κ2) is 3.66. The summed E-state index contributed by atoms with van der Waals surface area (Å²) in [5, 5.41) is 0. The molecule has 0 aromatic rings. The number of hydrogen-bond donors (Lipinski definition) is 0. The van der Waals surface area contributed by atoms with E-state index in [1.807, 2.05) is 6.66 Å².